The number of aliphatic carboxylic acids is 1. The number of carboxylic acid groups (broad SMARTS) is 1. The van der Waals surface area contributed by atoms with Crippen LogP contribution in [0.1, 0.15) is 59.3 Å². The van der Waals surface area contributed by atoms with E-state index in [0.717, 1.165) is 74.1 Å². The Bertz CT molecular complexity index is 1890. The highest BCUT2D eigenvalue weighted by Crippen LogP contribution is 2.38. The Morgan fingerprint density at radius 1 is 0.796 bits per heavy atom. The van der Waals surface area contributed by atoms with Crippen LogP contribution in [-0.4, -0.2) is 102 Å². The van der Waals surface area contributed by atoms with Gasteiger partial charge in [-0.25, -0.2) is 9.59 Å². The molecule has 9 nitrogen and oxygen atoms in total. The predicted octanol–water partition coefficient (Wildman–Crippen LogP) is 8.04. The number of carbonyl (C=O) groups excluding carboxylic acids is 1. The summed E-state index contributed by atoms with van der Waals surface area (Å²) in [5, 5.41) is 10.1. The molecule has 3 aromatic carbocycles. The number of benzene rings is 3. The van der Waals surface area contributed by atoms with Crippen LogP contribution in [0.2, 0.25) is 10.0 Å². The van der Waals surface area contributed by atoms with Gasteiger partial charge in [-0.15, -0.1) is 0 Å². The van der Waals surface area contributed by atoms with E-state index in [4.69, 9.17) is 42.8 Å². The Balaban J connectivity index is 0.000000184. The van der Waals surface area contributed by atoms with Crippen LogP contribution >= 0.6 is 23.2 Å². The second kappa shape index (κ2) is 19.4. The molecule has 0 spiro atoms. The normalized spacial score (nSPS) is 16.7. The van der Waals surface area contributed by atoms with Crippen LogP contribution in [0.15, 0.2) is 96.7 Å². The van der Waals surface area contributed by atoms with E-state index in [1.165, 1.54) is 39.0 Å². The van der Waals surface area contributed by atoms with E-state index in [2.05, 4.69) is 64.4 Å². The highest BCUT2D eigenvalue weighted by molar-refractivity contribution is 6.31. The van der Waals surface area contributed by atoms with Crippen LogP contribution in [0.4, 0.5) is 4.79 Å². The molecule has 0 saturated carbocycles. The number of piperazine rings is 1. The summed E-state index contributed by atoms with van der Waals surface area (Å²) in [6.07, 6.45) is 5.25. The van der Waals surface area contributed by atoms with Crippen molar-refractivity contribution in [1.82, 2.24) is 19.7 Å². The lowest BCUT2D eigenvalue weighted by molar-refractivity contribution is -0.142. The van der Waals surface area contributed by atoms with Crippen molar-refractivity contribution in [2.75, 3.05) is 65.6 Å². The summed E-state index contributed by atoms with van der Waals surface area (Å²) in [6, 6.07) is 29.2. The Morgan fingerprint density at radius 2 is 1.48 bits per heavy atom. The molecule has 1 unspecified atom stereocenters. The third-order valence-corrected chi connectivity index (χ3v) is 10.7. The lowest BCUT2D eigenvalue weighted by Gasteiger charge is -2.39. The van der Waals surface area contributed by atoms with Gasteiger partial charge in [0, 0.05) is 67.6 Å². The molecule has 0 bridgehead atoms. The van der Waals surface area contributed by atoms with Gasteiger partial charge in [0.05, 0.1) is 24.9 Å². The molecule has 2 aliphatic heterocycles. The Morgan fingerprint density at radius 3 is 2.19 bits per heavy atom. The minimum absolute atomic E-state index is 0.203. The molecule has 3 heterocycles. The number of hydrogen-bond acceptors (Lipinski definition) is 7. The highest BCUT2D eigenvalue weighted by atomic mass is 35.5. The maximum Gasteiger partial charge on any atom is 0.409 e. The maximum atomic E-state index is 12.0. The number of halogens is 2. The summed E-state index contributed by atoms with van der Waals surface area (Å²) in [5.74, 6) is -0.923. The van der Waals surface area contributed by atoms with Gasteiger partial charge in [0.15, 0.2) is 0 Å². The van der Waals surface area contributed by atoms with Crippen molar-refractivity contribution in [2.45, 2.75) is 38.6 Å². The van der Waals surface area contributed by atoms with Crippen molar-refractivity contribution in [3.05, 3.63) is 140 Å². The molecule has 1 aliphatic carbocycles. The van der Waals surface area contributed by atoms with E-state index in [0.29, 0.717) is 26.3 Å². The summed E-state index contributed by atoms with van der Waals surface area (Å²) < 4.78 is 10.3. The van der Waals surface area contributed by atoms with E-state index in [1.807, 2.05) is 43.5 Å². The van der Waals surface area contributed by atoms with Crippen LogP contribution in [0, 0.1) is 0 Å². The molecule has 7 rings (SSSR count). The fourth-order valence-corrected chi connectivity index (χ4v) is 7.87. The van der Waals surface area contributed by atoms with E-state index >= 15 is 0 Å². The van der Waals surface area contributed by atoms with E-state index in [-0.39, 0.29) is 18.7 Å². The average Bonchev–Trinajstić information content (AvgIpc) is 3.35. The molecule has 54 heavy (non-hydrogen) atoms. The van der Waals surface area contributed by atoms with Crippen molar-refractivity contribution in [3.8, 4) is 0 Å². The fraction of sp³-hybridized carbons (Fsp3) is 0.372. The third-order valence-electron chi connectivity index (χ3n) is 10.2. The van der Waals surface area contributed by atoms with Crippen molar-refractivity contribution in [3.63, 3.8) is 0 Å². The first kappa shape index (κ1) is 39.4. The van der Waals surface area contributed by atoms with Gasteiger partial charge in [0.1, 0.15) is 6.61 Å². The number of aromatic nitrogens is 1. The second-order valence-corrected chi connectivity index (χ2v) is 14.5. The quantitative estimate of drug-likeness (QED) is 0.171. The van der Waals surface area contributed by atoms with Crippen LogP contribution in [0.5, 0.6) is 0 Å². The molecule has 4 aromatic rings. The summed E-state index contributed by atoms with van der Waals surface area (Å²) in [6.45, 7) is 8.37. The first-order valence-electron chi connectivity index (χ1n) is 18.7. The van der Waals surface area contributed by atoms with Gasteiger partial charge in [-0.3, -0.25) is 14.8 Å². The standard InChI is InChI=1S/C22H23ClN2O2.C21H25ClN2O3/c1-2-27-22(26)25-12-9-15(10-13-25)20-19-8-7-18(23)14-17(19)6-5-16-4-3-11-24-21(16)20;22-19-8-6-18(7-9-19)21(17-4-2-1-3-5-17)24-12-10-23(11-13-24)14-15-27-16-20(25)26/h3-4,7-8,11,14H,2,5-6,9-10,12-13H2,1H3;1-9,21H,10-16H2,(H,25,26). The maximum absolute atomic E-state index is 12.0. The molecule has 1 aromatic heterocycles. The van der Waals surface area contributed by atoms with Crippen molar-refractivity contribution in [2.24, 2.45) is 0 Å². The lowest BCUT2D eigenvalue weighted by Crippen LogP contribution is -2.48. The third kappa shape index (κ3) is 10.3. The van der Waals surface area contributed by atoms with Gasteiger partial charge in [-0.05, 0) is 90.8 Å². The Hall–Kier alpha value is -4.25. The van der Waals surface area contributed by atoms with Gasteiger partial charge in [-0.2, -0.15) is 0 Å². The number of rotatable bonds is 9. The first-order valence-corrected chi connectivity index (χ1v) is 19.5. The second-order valence-electron chi connectivity index (χ2n) is 13.7. The topological polar surface area (TPSA) is 95.4 Å². The molecule has 1 atom stereocenters. The van der Waals surface area contributed by atoms with Crippen LogP contribution < -0.4 is 0 Å². The Kier molecular flexibility index (Phi) is 14.1. The van der Waals surface area contributed by atoms with Gasteiger partial charge in [0.25, 0.3) is 0 Å². The fourth-order valence-electron chi connectivity index (χ4n) is 7.55. The van der Waals surface area contributed by atoms with Crippen LogP contribution in [-0.2, 0) is 27.1 Å². The van der Waals surface area contributed by atoms with Crippen molar-refractivity contribution >= 4 is 40.8 Å². The molecular weight excluding hydrogens is 723 g/mol. The predicted molar refractivity (Wildman–Crippen MR) is 213 cm³/mol. The lowest BCUT2D eigenvalue weighted by atomic mass is 9.88. The van der Waals surface area contributed by atoms with Gasteiger partial charge >= 0.3 is 12.1 Å². The van der Waals surface area contributed by atoms with Crippen molar-refractivity contribution in [1.29, 1.82) is 0 Å². The number of aryl methyl sites for hydroxylation is 2. The first-order chi connectivity index (χ1) is 26.3. The van der Waals surface area contributed by atoms with Gasteiger partial charge in [-0.1, -0.05) is 83.4 Å². The highest BCUT2D eigenvalue weighted by Gasteiger charge is 2.28. The zero-order valence-corrected chi connectivity index (χ0v) is 32.3. The smallest absolute Gasteiger partial charge is 0.409 e. The molecule has 1 amide bonds. The molecule has 3 aliphatic rings. The number of fused-ring (bicyclic) bond motifs is 2. The van der Waals surface area contributed by atoms with Gasteiger partial charge in [0.2, 0.25) is 0 Å². The Labute approximate surface area is 328 Å². The number of nitrogens with zero attached hydrogens (tertiary/aromatic N) is 4. The SMILES string of the molecule is CCOC(=O)N1CCC(=C2c3ccc(Cl)cc3CCc3cccnc32)CC1.O=C(O)COCCN1CCN(C(c2ccccc2)c2ccc(Cl)cc2)CC1. The number of carbonyl (C=O) groups is 2. The number of likely N-dealkylation sites (tertiary alicyclic amines) is 1. The number of hydrogen-bond donors (Lipinski definition) is 1. The summed E-state index contributed by atoms with van der Waals surface area (Å²) in [7, 11) is 0. The van der Waals surface area contributed by atoms with Crippen LogP contribution in [0.3, 0.4) is 0 Å². The molecule has 11 heteroatoms. The number of piperidine rings is 1. The zero-order valence-electron chi connectivity index (χ0n) is 30.8. The molecule has 1 N–H and O–H groups in total. The number of carboxylic acids is 1. The van der Waals surface area contributed by atoms with Crippen LogP contribution in [0.25, 0.3) is 5.57 Å². The average molecular weight is 772 g/mol. The van der Waals surface area contributed by atoms with E-state index in [1.54, 1.807) is 4.90 Å². The summed E-state index contributed by atoms with van der Waals surface area (Å²) >= 11 is 12.3. The largest absolute Gasteiger partial charge is 0.480 e. The molecule has 2 fully saturated rings. The summed E-state index contributed by atoms with van der Waals surface area (Å²) in [5.41, 5.74) is 9.98. The molecule has 284 valence electrons. The van der Waals surface area contributed by atoms with Gasteiger partial charge < -0.3 is 19.5 Å². The minimum atomic E-state index is -0.923. The number of pyridine rings is 1. The molecule has 0 radical (unpaired) electrons. The molecule has 2 saturated heterocycles. The zero-order chi connectivity index (χ0) is 37.9. The monoisotopic (exact) mass is 770 g/mol. The minimum Gasteiger partial charge on any atom is -0.480 e. The summed E-state index contributed by atoms with van der Waals surface area (Å²) in [4.78, 5) is 33.9. The number of amides is 1. The number of ether oxygens (including phenoxy) is 2. The van der Waals surface area contributed by atoms with E-state index in [9.17, 15) is 9.59 Å². The van der Waals surface area contributed by atoms with E-state index < -0.39 is 5.97 Å². The van der Waals surface area contributed by atoms with Crippen molar-refractivity contribution < 1.29 is 24.2 Å². The molecular formula is C43H48Cl2N4O5.